The first-order valence-electron chi connectivity index (χ1n) is 5.25. The fraction of sp³-hybridized carbons (Fsp3) is 0.700. The van der Waals surface area contributed by atoms with Gasteiger partial charge in [0.1, 0.15) is 6.10 Å². The van der Waals surface area contributed by atoms with E-state index < -0.39 is 0 Å². The second-order valence-electron chi connectivity index (χ2n) is 4.24. The Morgan fingerprint density at radius 3 is 2.25 bits per heavy atom. The molecule has 0 aliphatic heterocycles. The van der Waals surface area contributed by atoms with Gasteiger partial charge in [0.2, 0.25) is 11.9 Å². The second-order valence-corrected chi connectivity index (χ2v) is 4.24. The lowest BCUT2D eigenvalue weighted by atomic mass is 10.1. The minimum absolute atomic E-state index is 0.0387. The Morgan fingerprint density at radius 1 is 1.12 bits per heavy atom. The third-order valence-electron chi connectivity index (χ3n) is 2.25. The van der Waals surface area contributed by atoms with E-state index in [-0.39, 0.29) is 18.1 Å². The molecule has 1 heterocycles. The van der Waals surface area contributed by atoms with Crippen molar-refractivity contribution >= 4 is 11.9 Å². The average Bonchev–Trinajstić information content (AvgIpc) is 2.16. The van der Waals surface area contributed by atoms with Crippen molar-refractivity contribution in [2.75, 3.05) is 24.7 Å². The van der Waals surface area contributed by atoms with Crippen LogP contribution in [0.2, 0.25) is 0 Å². The van der Waals surface area contributed by atoms with E-state index in [9.17, 15) is 0 Å². The van der Waals surface area contributed by atoms with Crippen molar-refractivity contribution in [3.8, 4) is 6.01 Å². The van der Waals surface area contributed by atoms with Crippen LogP contribution in [0.25, 0.3) is 0 Å². The molecule has 0 spiro atoms. The van der Waals surface area contributed by atoms with Gasteiger partial charge in [-0.3, -0.25) is 0 Å². The molecule has 1 aromatic rings. The van der Waals surface area contributed by atoms with E-state index in [1.165, 1.54) is 0 Å². The smallest absolute Gasteiger partial charge is 0.323 e. The van der Waals surface area contributed by atoms with Crippen molar-refractivity contribution in [1.82, 2.24) is 15.0 Å². The van der Waals surface area contributed by atoms with Gasteiger partial charge >= 0.3 is 6.01 Å². The van der Waals surface area contributed by atoms with Gasteiger partial charge in [-0.15, -0.1) is 0 Å². The molecule has 0 bridgehead atoms. The molecule has 90 valence electrons. The Balaban J connectivity index is 2.88. The van der Waals surface area contributed by atoms with E-state index in [1.54, 1.807) is 4.90 Å². The van der Waals surface area contributed by atoms with Crippen molar-refractivity contribution < 1.29 is 4.74 Å². The molecule has 0 aromatic carbocycles. The van der Waals surface area contributed by atoms with Crippen LogP contribution in [-0.4, -0.2) is 35.2 Å². The number of anilines is 2. The fourth-order valence-electron chi connectivity index (χ4n) is 0.916. The van der Waals surface area contributed by atoms with Crippen LogP contribution in [0.15, 0.2) is 0 Å². The SMILES string of the molecule is CC(C)C(C)Oc1nc(N)nc(N(C)C)n1. The molecule has 0 amide bonds. The highest BCUT2D eigenvalue weighted by Crippen LogP contribution is 2.14. The van der Waals surface area contributed by atoms with Crippen LogP contribution in [0.1, 0.15) is 20.8 Å². The molecule has 0 aliphatic rings. The van der Waals surface area contributed by atoms with Gasteiger partial charge in [-0.25, -0.2) is 0 Å². The molecule has 1 rings (SSSR count). The first-order chi connectivity index (χ1) is 7.40. The molecule has 0 fully saturated rings. The highest BCUT2D eigenvalue weighted by molar-refractivity contribution is 5.33. The summed E-state index contributed by atoms with van der Waals surface area (Å²) in [6, 6.07) is 0.275. The van der Waals surface area contributed by atoms with Crippen LogP contribution in [0.4, 0.5) is 11.9 Å². The number of hydrogen-bond donors (Lipinski definition) is 1. The van der Waals surface area contributed by atoms with Crippen molar-refractivity contribution in [2.45, 2.75) is 26.9 Å². The number of nitrogens with two attached hydrogens (primary N) is 1. The Morgan fingerprint density at radius 2 is 1.75 bits per heavy atom. The molecular formula is C10H19N5O. The van der Waals surface area contributed by atoms with E-state index in [4.69, 9.17) is 10.5 Å². The summed E-state index contributed by atoms with van der Waals surface area (Å²) in [5.74, 6) is 1.06. The molecular weight excluding hydrogens is 206 g/mol. The molecule has 2 N–H and O–H groups in total. The van der Waals surface area contributed by atoms with Crippen molar-refractivity contribution in [2.24, 2.45) is 5.92 Å². The summed E-state index contributed by atoms with van der Waals surface area (Å²) < 4.78 is 5.58. The Labute approximate surface area is 95.9 Å². The number of nitrogen functional groups attached to an aromatic ring is 1. The zero-order valence-corrected chi connectivity index (χ0v) is 10.4. The monoisotopic (exact) mass is 225 g/mol. The lowest BCUT2D eigenvalue weighted by Crippen LogP contribution is -2.22. The molecule has 16 heavy (non-hydrogen) atoms. The van der Waals surface area contributed by atoms with Crippen LogP contribution < -0.4 is 15.4 Å². The van der Waals surface area contributed by atoms with Gasteiger partial charge in [0.25, 0.3) is 0 Å². The van der Waals surface area contributed by atoms with Gasteiger partial charge in [-0.1, -0.05) is 13.8 Å². The standard InChI is InChI=1S/C10H19N5O/c1-6(2)7(3)16-10-13-8(11)12-9(14-10)15(4)5/h6-7H,1-5H3,(H2,11,12,13,14). The minimum atomic E-state index is 0.0387. The third-order valence-corrected chi connectivity index (χ3v) is 2.25. The topological polar surface area (TPSA) is 77.2 Å². The Hall–Kier alpha value is -1.59. The molecule has 0 saturated heterocycles. The molecule has 0 aliphatic carbocycles. The number of rotatable bonds is 4. The second kappa shape index (κ2) is 4.96. The van der Waals surface area contributed by atoms with Gasteiger partial charge in [-0.05, 0) is 12.8 Å². The quantitative estimate of drug-likeness (QED) is 0.821. The zero-order valence-electron chi connectivity index (χ0n) is 10.4. The Bertz CT molecular complexity index is 353. The van der Waals surface area contributed by atoms with Gasteiger partial charge in [-0.2, -0.15) is 15.0 Å². The molecule has 0 radical (unpaired) electrons. The zero-order chi connectivity index (χ0) is 12.3. The largest absolute Gasteiger partial charge is 0.460 e. The highest BCUT2D eigenvalue weighted by Gasteiger charge is 2.13. The summed E-state index contributed by atoms with van der Waals surface area (Å²) in [5.41, 5.74) is 5.58. The van der Waals surface area contributed by atoms with Crippen LogP contribution >= 0.6 is 0 Å². The van der Waals surface area contributed by atoms with E-state index in [2.05, 4.69) is 28.8 Å². The number of ether oxygens (including phenoxy) is 1. The highest BCUT2D eigenvalue weighted by atomic mass is 16.5. The van der Waals surface area contributed by atoms with Gasteiger partial charge in [0.15, 0.2) is 0 Å². The summed E-state index contributed by atoms with van der Waals surface area (Å²) in [4.78, 5) is 13.8. The predicted octanol–water partition coefficient (Wildman–Crippen LogP) is 0.943. The summed E-state index contributed by atoms with van der Waals surface area (Å²) in [7, 11) is 3.68. The van der Waals surface area contributed by atoms with E-state index in [0.717, 1.165) is 0 Å². The molecule has 1 aromatic heterocycles. The normalized spacial score (nSPS) is 12.6. The summed E-state index contributed by atoms with van der Waals surface area (Å²) >= 11 is 0. The number of nitrogens with zero attached hydrogens (tertiary/aromatic N) is 4. The van der Waals surface area contributed by atoms with E-state index in [1.807, 2.05) is 21.0 Å². The lowest BCUT2D eigenvalue weighted by molar-refractivity contribution is 0.156. The van der Waals surface area contributed by atoms with Crippen molar-refractivity contribution in [3.05, 3.63) is 0 Å². The van der Waals surface area contributed by atoms with Crippen molar-refractivity contribution in [3.63, 3.8) is 0 Å². The van der Waals surface area contributed by atoms with E-state index >= 15 is 0 Å². The summed E-state index contributed by atoms with van der Waals surface area (Å²) in [5, 5.41) is 0. The average molecular weight is 225 g/mol. The molecule has 6 nitrogen and oxygen atoms in total. The van der Waals surface area contributed by atoms with Crippen LogP contribution in [0.5, 0.6) is 6.01 Å². The van der Waals surface area contributed by atoms with Crippen LogP contribution in [0, 0.1) is 5.92 Å². The third kappa shape index (κ3) is 3.22. The first kappa shape index (κ1) is 12.5. The minimum Gasteiger partial charge on any atom is -0.460 e. The maximum absolute atomic E-state index is 5.58. The first-order valence-corrected chi connectivity index (χ1v) is 5.25. The van der Waals surface area contributed by atoms with Gasteiger partial charge in [0, 0.05) is 14.1 Å². The molecule has 6 heteroatoms. The molecule has 1 unspecified atom stereocenters. The van der Waals surface area contributed by atoms with E-state index in [0.29, 0.717) is 11.9 Å². The van der Waals surface area contributed by atoms with Crippen LogP contribution in [0.3, 0.4) is 0 Å². The lowest BCUT2D eigenvalue weighted by Gasteiger charge is -2.17. The maximum Gasteiger partial charge on any atom is 0.323 e. The van der Waals surface area contributed by atoms with Gasteiger partial charge < -0.3 is 15.4 Å². The molecule has 1 atom stereocenters. The summed E-state index contributed by atoms with van der Waals surface area (Å²) in [6.07, 6.45) is 0.0387. The van der Waals surface area contributed by atoms with Gasteiger partial charge in [0.05, 0.1) is 0 Å². The predicted molar refractivity (Wildman–Crippen MR) is 63.5 cm³/mol. The fourth-order valence-corrected chi connectivity index (χ4v) is 0.916. The maximum atomic E-state index is 5.58. The number of hydrogen-bond acceptors (Lipinski definition) is 6. The Kier molecular flexibility index (Phi) is 3.87. The number of aromatic nitrogens is 3. The summed E-state index contributed by atoms with van der Waals surface area (Å²) in [6.45, 7) is 6.12. The van der Waals surface area contributed by atoms with Crippen LogP contribution in [-0.2, 0) is 0 Å². The van der Waals surface area contributed by atoms with Crippen molar-refractivity contribution in [1.29, 1.82) is 0 Å². The molecule has 0 saturated carbocycles.